The first-order valence-corrected chi connectivity index (χ1v) is 6.22. The molecule has 2 rings (SSSR count). The molecule has 0 aromatic carbocycles. The van der Waals surface area contributed by atoms with Gasteiger partial charge < -0.3 is 9.84 Å². The molecule has 2 fully saturated rings. The molecule has 4 atom stereocenters. The highest BCUT2D eigenvalue weighted by molar-refractivity contribution is 6.05. The fraction of sp³-hybridized carbons (Fsp3) is 0.750. The molecule has 0 spiro atoms. The molecule has 1 N–H and O–H groups in total. The Morgan fingerprint density at radius 2 is 1.89 bits per heavy atom. The third-order valence-corrected chi connectivity index (χ3v) is 3.76. The van der Waals surface area contributed by atoms with Crippen molar-refractivity contribution in [1.29, 1.82) is 0 Å². The van der Waals surface area contributed by atoms with E-state index >= 15 is 0 Å². The number of imide groups is 1. The lowest BCUT2D eigenvalue weighted by atomic mass is 9.96. The van der Waals surface area contributed by atoms with E-state index in [1.807, 2.05) is 6.92 Å². The topological polar surface area (TPSA) is 83.9 Å². The largest absolute Gasteiger partial charge is 0.480 e. The zero-order valence-electron chi connectivity index (χ0n) is 10.5. The van der Waals surface area contributed by atoms with Crippen molar-refractivity contribution in [3.63, 3.8) is 0 Å². The van der Waals surface area contributed by atoms with Crippen LogP contribution in [0.15, 0.2) is 0 Å². The molecule has 2 aliphatic heterocycles. The molecule has 2 aliphatic rings. The molecule has 18 heavy (non-hydrogen) atoms. The summed E-state index contributed by atoms with van der Waals surface area (Å²) >= 11 is 0. The van der Waals surface area contributed by atoms with Gasteiger partial charge in [-0.1, -0.05) is 20.3 Å². The lowest BCUT2D eigenvalue weighted by molar-refractivity contribution is -0.178. The van der Waals surface area contributed by atoms with Gasteiger partial charge in [0.2, 0.25) is 0 Å². The van der Waals surface area contributed by atoms with E-state index in [1.54, 1.807) is 6.92 Å². The van der Waals surface area contributed by atoms with Crippen molar-refractivity contribution in [3.05, 3.63) is 0 Å². The van der Waals surface area contributed by atoms with Gasteiger partial charge in [0.25, 0.3) is 11.8 Å². The van der Waals surface area contributed by atoms with Crippen LogP contribution in [0.2, 0.25) is 0 Å². The molecule has 0 aliphatic carbocycles. The standard InChI is InChI=1S/C12H17NO5/c1-3-6(2)9(12(16)17)13-10(14)7-4-5-8(18-7)11(13)15/h6-9H,3-5H2,1-2H3,(H,16,17). The number of carbonyl (C=O) groups is 3. The number of amides is 2. The number of likely N-dealkylation sites (tertiary alicyclic amines) is 1. The Balaban J connectivity index is 2.31. The molecule has 2 heterocycles. The second kappa shape index (κ2) is 4.68. The van der Waals surface area contributed by atoms with E-state index in [1.165, 1.54) is 0 Å². The van der Waals surface area contributed by atoms with Gasteiger partial charge in [0.15, 0.2) is 0 Å². The van der Waals surface area contributed by atoms with Gasteiger partial charge in [-0.15, -0.1) is 0 Å². The minimum absolute atomic E-state index is 0.270. The molecule has 0 saturated carbocycles. The van der Waals surface area contributed by atoms with Crippen molar-refractivity contribution in [2.75, 3.05) is 0 Å². The number of carbonyl (C=O) groups excluding carboxylic acids is 2. The number of morpholine rings is 1. The summed E-state index contributed by atoms with van der Waals surface area (Å²) in [5, 5.41) is 9.27. The number of carboxylic acid groups (broad SMARTS) is 1. The van der Waals surface area contributed by atoms with Crippen molar-refractivity contribution in [1.82, 2.24) is 4.90 Å². The Bertz CT molecular complexity index is 372. The lowest BCUT2D eigenvalue weighted by Gasteiger charge is -2.36. The minimum atomic E-state index is -1.13. The van der Waals surface area contributed by atoms with Gasteiger partial charge in [-0.05, 0) is 18.8 Å². The first-order valence-electron chi connectivity index (χ1n) is 6.22. The van der Waals surface area contributed by atoms with E-state index in [2.05, 4.69) is 0 Å². The highest BCUT2D eigenvalue weighted by atomic mass is 16.5. The summed E-state index contributed by atoms with van der Waals surface area (Å²) in [7, 11) is 0. The van der Waals surface area contributed by atoms with Gasteiger partial charge in [0.05, 0.1) is 0 Å². The molecule has 4 unspecified atom stereocenters. The number of carboxylic acids is 1. The van der Waals surface area contributed by atoms with Gasteiger partial charge in [-0.3, -0.25) is 14.5 Å². The first-order chi connectivity index (χ1) is 8.47. The predicted octanol–water partition coefficient (Wildman–Crippen LogP) is 0.402. The zero-order chi connectivity index (χ0) is 13.4. The lowest BCUT2D eigenvalue weighted by Crippen LogP contribution is -2.59. The molecule has 0 aromatic rings. The summed E-state index contributed by atoms with van der Waals surface area (Å²) in [5.41, 5.74) is 0. The van der Waals surface area contributed by atoms with Crippen molar-refractivity contribution >= 4 is 17.8 Å². The van der Waals surface area contributed by atoms with Crippen molar-refractivity contribution < 1.29 is 24.2 Å². The number of ether oxygens (including phenoxy) is 1. The highest BCUT2D eigenvalue weighted by Crippen LogP contribution is 2.31. The SMILES string of the molecule is CCC(C)C(C(=O)O)N1C(=O)C2CCC(O2)C1=O. The maximum Gasteiger partial charge on any atom is 0.327 e. The Labute approximate surface area is 105 Å². The quantitative estimate of drug-likeness (QED) is 0.735. The van der Waals surface area contributed by atoms with Gasteiger partial charge in [0, 0.05) is 0 Å². The number of hydrogen-bond acceptors (Lipinski definition) is 4. The second-order valence-electron chi connectivity index (χ2n) is 4.91. The van der Waals surface area contributed by atoms with E-state index in [9.17, 15) is 19.5 Å². The highest BCUT2D eigenvalue weighted by Gasteiger charge is 2.51. The summed E-state index contributed by atoms with van der Waals surface area (Å²) in [5.74, 6) is -2.40. The summed E-state index contributed by atoms with van der Waals surface area (Å²) in [6, 6.07) is -1.08. The van der Waals surface area contributed by atoms with Crippen molar-refractivity contribution in [2.24, 2.45) is 5.92 Å². The van der Waals surface area contributed by atoms with Crippen LogP contribution in [0.4, 0.5) is 0 Å². The Hall–Kier alpha value is -1.43. The van der Waals surface area contributed by atoms with Crippen LogP contribution in [-0.4, -0.2) is 46.0 Å². The van der Waals surface area contributed by atoms with Gasteiger partial charge >= 0.3 is 5.97 Å². The molecule has 2 amide bonds. The van der Waals surface area contributed by atoms with Crippen LogP contribution in [0.5, 0.6) is 0 Å². The predicted molar refractivity (Wildman–Crippen MR) is 60.6 cm³/mol. The Morgan fingerprint density at radius 3 is 2.28 bits per heavy atom. The fourth-order valence-corrected chi connectivity index (χ4v) is 2.53. The number of fused-ring (bicyclic) bond motifs is 2. The van der Waals surface area contributed by atoms with E-state index in [0.29, 0.717) is 19.3 Å². The van der Waals surface area contributed by atoms with E-state index < -0.39 is 36.0 Å². The average molecular weight is 255 g/mol. The molecule has 2 saturated heterocycles. The van der Waals surface area contributed by atoms with E-state index in [-0.39, 0.29) is 5.92 Å². The smallest absolute Gasteiger partial charge is 0.327 e. The molecule has 6 heteroatoms. The third kappa shape index (κ3) is 1.90. The fourth-order valence-electron chi connectivity index (χ4n) is 2.53. The zero-order valence-corrected chi connectivity index (χ0v) is 10.5. The molecule has 0 radical (unpaired) electrons. The average Bonchev–Trinajstić information content (AvgIpc) is 2.77. The van der Waals surface area contributed by atoms with Crippen LogP contribution in [0.1, 0.15) is 33.1 Å². The van der Waals surface area contributed by atoms with Crippen LogP contribution in [0.25, 0.3) is 0 Å². The molecular formula is C12H17NO5. The van der Waals surface area contributed by atoms with E-state index in [4.69, 9.17) is 4.74 Å². The molecule has 0 aromatic heterocycles. The normalized spacial score (nSPS) is 30.4. The summed E-state index contributed by atoms with van der Waals surface area (Å²) in [6.07, 6.45) is 0.304. The molecule has 100 valence electrons. The first kappa shape index (κ1) is 13.0. The van der Waals surface area contributed by atoms with Gasteiger partial charge in [-0.25, -0.2) is 4.79 Å². The minimum Gasteiger partial charge on any atom is -0.480 e. The maximum atomic E-state index is 12.1. The van der Waals surface area contributed by atoms with Crippen LogP contribution < -0.4 is 0 Å². The number of rotatable bonds is 4. The Morgan fingerprint density at radius 1 is 1.39 bits per heavy atom. The monoisotopic (exact) mass is 255 g/mol. The van der Waals surface area contributed by atoms with E-state index in [0.717, 1.165) is 4.90 Å². The van der Waals surface area contributed by atoms with Crippen LogP contribution in [0.3, 0.4) is 0 Å². The van der Waals surface area contributed by atoms with Crippen molar-refractivity contribution in [2.45, 2.75) is 51.4 Å². The number of aliphatic carboxylic acids is 1. The summed E-state index contributed by atoms with van der Waals surface area (Å²) in [6.45, 7) is 3.57. The summed E-state index contributed by atoms with van der Waals surface area (Å²) in [4.78, 5) is 36.4. The molecule has 6 nitrogen and oxygen atoms in total. The second-order valence-corrected chi connectivity index (χ2v) is 4.91. The number of nitrogens with zero attached hydrogens (tertiary/aromatic N) is 1. The van der Waals surface area contributed by atoms with Crippen LogP contribution >= 0.6 is 0 Å². The maximum absolute atomic E-state index is 12.1. The molecular weight excluding hydrogens is 238 g/mol. The Kier molecular flexibility index (Phi) is 3.38. The van der Waals surface area contributed by atoms with Crippen LogP contribution in [0, 0.1) is 5.92 Å². The van der Waals surface area contributed by atoms with Crippen LogP contribution in [-0.2, 0) is 19.1 Å². The van der Waals surface area contributed by atoms with Gasteiger partial charge in [0.1, 0.15) is 18.2 Å². The summed E-state index contributed by atoms with van der Waals surface area (Å²) < 4.78 is 5.26. The molecule has 2 bridgehead atoms. The number of hydrogen-bond donors (Lipinski definition) is 1. The third-order valence-electron chi connectivity index (χ3n) is 3.76. The van der Waals surface area contributed by atoms with Crippen molar-refractivity contribution in [3.8, 4) is 0 Å². The van der Waals surface area contributed by atoms with Gasteiger partial charge in [-0.2, -0.15) is 0 Å².